The van der Waals surface area contributed by atoms with Crippen molar-refractivity contribution in [2.24, 2.45) is 5.73 Å². The van der Waals surface area contributed by atoms with Gasteiger partial charge in [-0.25, -0.2) is 0 Å². The van der Waals surface area contributed by atoms with Crippen LogP contribution in [-0.2, 0) is 0 Å². The fourth-order valence-corrected chi connectivity index (χ4v) is 2.12. The number of fused-ring (bicyclic) bond motifs is 1. The third kappa shape index (κ3) is 3.48. The van der Waals surface area contributed by atoms with Gasteiger partial charge in [0.05, 0.1) is 16.6 Å². The Bertz CT molecular complexity index is 668. The Hall–Kier alpha value is -1.17. The Morgan fingerprint density at radius 1 is 1.25 bits per heavy atom. The monoisotopic (exact) mass is 314 g/mol. The Kier molecular flexibility index (Phi) is 5.50. The fraction of sp³-hybridized carbons (Fsp3) is 0.357. The van der Waals surface area contributed by atoms with Crippen molar-refractivity contribution in [3.63, 3.8) is 0 Å². The van der Waals surface area contributed by atoms with Crippen molar-refractivity contribution in [1.29, 1.82) is 0 Å². The third-order valence-corrected chi connectivity index (χ3v) is 3.07. The summed E-state index contributed by atoms with van der Waals surface area (Å²) in [5, 5.41) is 1.36. The summed E-state index contributed by atoms with van der Waals surface area (Å²) < 4.78 is 5.59. The second kappa shape index (κ2) is 6.52. The number of ether oxygens (including phenoxy) is 1. The second-order valence-corrected chi connectivity index (χ2v) is 5.29. The van der Waals surface area contributed by atoms with Crippen LogP contribution in [-0.4, -0.2) is 11.1 Å². The molecule has 110 valence electrons. The zero-order valence-corrected chi connectivity index (χ0v) is 13.4. The molecular weight excluding hydrogens is 296 g/mol. The van der Waals surface area contributed by atoms with Gasteiger partial charge in [-0.05, 0) is 32.9 Å². The van der Waals surface area contributed by atoms with Crippen LogP contribution in [0.1, 0.15) is 32.4 Å². The van der Waals surface area contributed by atoms with Gasteiger partial charge in [0, 0.05) is 23.1 Å². The summed E-state index contributed by atoms with van der Waals surface area (Å²) in [4.78, 5) is 14.7. The van der Waals surface area contributed by atoms with Crippen LogP contribution in [0.25, 0.3) is 10.9 Å². The van der Waals surface area contributed by atoms with Gasteiger partial charge in [-0.2, -0.15) is 13.5 Å². The number of halogens is 1. The first-order chi connectivity index (χ1) is 8.88. The summed E-state index contributed by atoms with van der Waals surface area (Å²) in [7, 11) is 0. The summed E-state index contributed by atoms with van der Waals surface area (Å²) >= 11 is 6.17. The smallest absolute Gasteiger partial charge is 0.253 e. The van der Waals surface area contributed by atoms with Crippen molar-refractivity contribution in [3.8, 4) is 5.75 Å². The van der Waals surface area contributed by atoms with E-state index in [0.717, 1.165) is 5.39 Å². The number of rotatable bonds is 3. The molecule has 2 rings (SSSR count). The molecule has 2 aromatic rings. The minimum atomic E-state index is -0.321. The number of nitrogens with two attached hydrogens (primary N) is 1. The molecule has 0 bridgehead atoms. The Morgan fingerprint density at radius 2 is 1.90 bits per heavy atom. The van der Waals surface area contributed by atoms with Crippen LogP contribution >= 0.6 is 25.1 Å². The number of aromatic amines is 1. The molecule has 4 nitrogen and oxygen atoms in total. The van der Waals surface area contributed by atoms with Gasteiger partial charge in [-0.3, -0.25) is 4.79 Å². The maximum Gasteiger partial charge on any atom is 0.253 e. The normalized spacial score (nSPS) is 12.3. The van der Waals surface area contributed by atoms with E-state index in [9.17, 15) is 4.79 Å². The van der Waals surface area contributed by atoms with Gasteiger partial charge in [0.25, 0.3) is 5.56 Å². The van der Waals surface area contributed by atoms with E-state index in [1.165, 1.54) is 0 Å². The quantitative estimate of drug-likeness (QED) is 0.914. The van der Waals surface area contributed by atoms with Crippen molar-refractivity contribution in [2.45, 2.75) is 32.9 Å². The lowest BCUT2D eigenvalue weighted by Crippen LogP contribution is -2.19. The first-order valence-electron chi connectivity index (χ1n) is 6.17. The first kappa shape index (κ1) is 16.9. The van der Waals surface area contributed by atoms with E-state index in [1.54, 1.807) is 25.1 Å². The first-order valence-corrected chi connectivity index (χ1v) is 6.55. The van der Waals surface area contributed by atoms with Crippen molar-refractivity contribution >= 4 is 36.0 Å². The lowest BCUT2D eigenvalue weighted by Gasteiger charge is -2.13. The average molecular weight is 315 g/mol. The highest BCUT2D eigenvalue weighted by atomic mass is 35.5. The van der Waals surface area contributed by atoms with Crippen LogP contribution in [0.3, 0.4) is 0 Å². The second-order valence-electron chi connectivity index (χ2n) is 4.88. The summed E-state index contributed by atoms with van der Waals surface area (Å²) in [5.41, 5.74) is 6.81. The maximum atomic E-state index is 11.9. The average Bonchev–Trinajstić information content (AvgIpc) is 2.29. The zero-order valence-electron chi connectivity index (χ0n) is 11.7. The molecule has 0 aliphatic rings. The summed E-state index contributed by atoms with van der Waals surface area (Å²) in [5.74, 6) is 0.563. The Morgan fingerprint density at radius 3 is 2.45 bits per heavy atom. The molecule has 0 aliphatic carbocycles. The largest absolute Gasteiger partial charge is 0.489 e. The fourth-order valence-electron chi connectivity index (χ4n) is 1.91. The van der Waals surface area contributed by atoms with Crippen molar-refractivity contribution in [3.05, 3.63) is 39.1 Å². The van der Waals surface area contributed by atoms with Crippen LogP contribution in [0.4, 0.5) is 0 Å². The predicted molar refractivity (Wildman–Crippen MR) is 88.3 cm³/mol. The number of H-pyrrole nitrogens is 1. The van der Waals surface area contributed by atoms with Gasteiger partial charge in [0.1, 0.15) is 5.75 Å². The van der Waals surface area contributed by atoms with Gasteiger partial charge >= 0.3 is 0 Å². The SMILES string of the molecule is CC(C)Oc1cc2[nH]c(=O)c([C@H](C)N)cc2cc1Cl.S. The third-order valence-electron chi connectivity index (χ3n) is 2.78. The van der Waals surface area contributed by atoms with Crippen LogP contribution in [0, 0.1) is 0 Å². The molecule has 6 heteroatoms. The van der Waals surface area contributed by atoms with E-state index >= 15 is 0 Å². The molecule has 0 unspecified atom stereocenters. The number of aromatic nitrogens is 1. The maximum absolute atomic E-state index is 11.9. The van der Waals surface area contributed by atoms with Crippen molar-refractivity contribution in [1.82, 2.24) is 4.98 Å². The molecule has 0 fully saturated rings. The summed E-state index contributed by atoms with van der Waals surface area (Å²) in [6.07, 6.45) is 0.0185. The molecule has 0 saturated heterocycles. The molecule has 1 atom stereocenters. The van der Waals surface area contributed by atoms with E-state index in [2.05, 4.69) is 4.98 Å². The number of hydrogen-bond donors (Lipinski definition) is 2. The van der Waals surface area contributed by atoms with E-state index in [0.29, 0.717) is 21.9 Å². The van der Waals surface area contributed by atoms with E-state index < -0.39 is 0 Å². The van der Waals surface area contributed by atoms with Gasteiger partial charge < -0.3 is 15.5 Å². The van der Waals surface area contributed by atoms with Gasteiger partial charge in [-0.15, -0.1) is 0 Å². The lowest BCUT2D eigenvalue weighted by molar-refractivity contribution is 0.243. The highest BCUT2D eigenvalue weighted by Gasteiger charge is 2.11. The summed E-state index contributed by atoms with van der Waals surface area (Å²) in [6, 6.07) is 4.96. The molecular formula is C14H19ClN2O2S. The Labute approximate surface area is 129 Å². The van der Waals surface area contributed by atoms with Crippen LogP contribution < -0.4 is 16.0 Å². The minimum Gasteiger partial charge on any atom is -0.489 e. The van der Waals surface area contributed by atoms with E-state index in [1.807, 2.05) is 13.8 Å². The molecule has 1 aromatic heterocycles. The number of benzene rings is 1. The topological polar surface area (TPSA) is 68.1 Å². The van der Waals surface area contributed by atoms with Gasteiger partial charge in [0.15, 0.2) is 0 Å². The van der Waals surface area contributed by atoms with E-state index in [-0.39, 0.29) is 31.2 Å². The molecule has 0 spiro atoms. The molecule has 20 heavy (non-hydrogen) atoms. The standard InChI is InChI=1S/C14H17ClN2O2.H2S/c1-7(2)19-13-6-12-9(5-11(13)15)4-10(8(3)16)14(18)17-12;/h4-8H,16H2,1-3H3,(H,17,18);1H2/t8-;/m0./s1. The molecule has 0 amide bonds. The molecule has 0 radical (unpaired) electrons. The molecule has 1 heterocycles. The summed E-state index contributed by atoms with van der Waals surface area (Å²) in [6.45, 7) is 5.61. The number of pyridine rings is 1. The lowest BCUT2D eigenvalue weighted by atomic mass is 10.1. The van der Waals surface area contributed by atoms with Crippen molar-refractivity contribution < 1.29 is 4.74 Å². The zero-order chi connectivity index (χ0) is 14.2. The highest BCUT2D eigenvalue weighted by molar-refractivity contribution is 7.59. The van der Waals surface area contributed by atoms with Crippen molar-refractivity contribution in [2.75, 3.05) is 0 Å². The number of hydrogen-bond acceptors (Lipinski definition) is 3. The molecule has 1 aromatic carbocycles. The Balaban J connectivity index is 0.00000200. The minimum absolute atomic E-state index is 0. The van der Waals surface area contributed by atoms with Gasteiger partial charge in [-0.1, -0.05) is 11.6 Å². The van der Waals surface area contributed by atoms with Crippen LogP contribution in [0.5, 0.6) is 5.75 Å². The molecule has 3 N–H and O–H groups in total. The number of nitrogens with one attached hydrogen (secondary N) is 1. The highest BCUT2D eigenvalue weighted by Crippen LogP contribution is 2.30. The van der Waals surface area contributed by atoms with Gasteiger partial charge in [0.2, 0.25) is 0 Å². The van der Waals surface area contributed by atoms with Crippen LogP contribution in [0.15, 0.2) is 23.0 Å². The molecule has 0 saturated carbocycles. The molecule has 0 aliphatic heterocycles. The van der Waals surface area contributed by atoms with E-state index in [4.69, 9.17) is 22.1 Å². The predicted octanol–water partition coefficient (Wildman–Crippen LogP) is 3.10. The van der Waals surface area contributed by atoms with Crippen LogP contribution in [0.2, 0.25) is 5.02 Å².